The Hall–Kier alpha value is -0.290. The molecule has 1 unspecified atom stereocenters. The minimum atomic E-state index is -4.53. The molecule has 4 rings (SSSR count). The van der Waals surface area contributed by atoms with E-state index in [1.807, 2.05) is 0 Å². The first-order valence-electron chi connectivity index (χ1n) is 12.3. The van der Waals surface area contributed by atoms with Gasteiger partial charge in [-0.1, -0.05) is 27.7 Å². The maximum absolute atomic E-state index is 13.2. The lowest BCUT2D eigenvalue weighted by Gasteiger charge is -2.62. The van der Waals surface area contributed by atoms with Crippen LogP contribution in [0, 0.1) is 46.3 Å². The molecule has 0 aliphatic heterocycles. The molecule has 4 aliphatic rings. The Morgan fingerprint density at radius 3 is 2.23 bits per heavy atom. The average Bonchev–Trinajstić information content (AvgIpc) is 3.04. The Morgan fingerprint density at radius 2 is 1.60 bits per heavy atom. The monoisotopic (exact) mass is 430 g/mol. The van der Waals surface area contributed by atoms with E-state index in [1.54, 1.807) is 6.92 Å². The highest BCUT2D eigenvalue weighted by Gasteiger charge is 2.62. The van der Waals surface area contributed by atoms with Crippen molar-refractivity contribution in [2.24, 2.45) is 46.3 Å². The molecular weight excluding hydrogens is 389 g/mol. The standard InChI is InChI=1S/C25H41F3O2/c1-5-24(30)13-12-22(3)16(14-24)6-7-17-19-9-8-18(15(2)21(29)25(26,27)28)23(19,4)11-10-20(17)22/h15-21,29-30H,5-14H2,1-4H3/t15-,16-,17?,18+,19-,20-,21-,22-,23+,24-/m0/s1. The molecule has 10 atom stereocenters. The Balaban J connectivity index is 1.54. The summed E-state index contributed by atoms with van der Waals surface area (Å²) < 4.78 is 39.7. The molecule has 0 spiro atoms. The maximum atomic E-state index is 13.2. The van der Waals surface area contributed by atoms with Gasteiger partial charge < -0.3 is 10.2 Å². The van der Waals surface area contributed by atoms with Crippen LogP contribution in [0.25, 0.3) is 0 Å². The minimum absolute atomic E-state index is 0.0536. The molecule has 4 saturated carbocycles. The zero-order valence-corrected chi connectivity index (χ0v) is 19.1. The van der Waals surface area contributed by atoms with E-state index in [-0.39, 0.29) is 16.7 Å². The number of hydrogen-bond acceptors (Lipinski definition) is 2. The van der Waals surface area contributed by atoms with Crippen LogP contribution in [0.1, 0.15) is 91.9 Å². The zero-order chi connectivity index (χ0) is 22.1. The van der Waals surface area contributed by atoms with Gasteiger partial charge in [0.1, 0.15) is 0 Å². The summed E-state index contributed by atoms with van der Waals surface area (Å²) in [4.78, 5) is 0. The van der Waals surface area contributed by atoms with Gasteiger partial charge in [0, 0.05) is 0 Å². The summed E-state index contributed by atoms with van der Waals surface area (Å²) in [7, 11) is 0. The van der Waals surface area contributed by atoms with E-state index >= 15 is 0 Å². The molecule has 0 aromatic rings. The van der Waals surface area contributed by atoms with Crippen molar-refractivity contribution in [2.45, 2.75) is 110 Å². The van der Waals surface area contributed by atoms with Crippen molar-refractivity contribution >= 4 is 0 Å². The summed E-state index contributed by atoms with van der Waals surface area (Å²) in [6.07, 6.45) is 3.19. The summed E-state index contributed by atoms with van der Waals surface area (Å²) in [5.74, 6) is 1.49. The number of aliphatic hydroxyl groups is 2. The van der Waals surface area contributed by atoms with Crippen molar-refractivity contribution < 1.29 is 23.4 Å². The molecule has 0 radical (unpaired) electrons. The first-order chi connectivity index (χ1) is 13.9. The van der Waals surface area contributed by atoms with Crippen LogP contribution in [0.15, 0.2) is 0 Å². The minimum Gasteiger partial charge on any atom is -0.390 e. The van der Waals surface area contributed by atoms with Crippen molar-refractivity contribution in [1.82, 2.24) is 0 Å². The smallest absolute Gasteiger partial charge is 0.390 e. The van der Waals surface area contributed by atoms with E-state index in [1.165, 1.54) is 0 Å². The van der Waals surface area contributed by atoms with E-state index < -0.39 is 23.8 Å². The molecule has 0 amide bonds. The highest BCUT2D eigenvalue weighted by Crippen LogP contribution is 2.69. The van der Waals surface area contributed by atoms with Crippen molar-refractivity contribution in [2.75, 3.05) is 0 Å². The quantitative estimate of drug-likeness (QED) is 0.548. The van der Waals surface area contributed by atoms with Crippen molar-refractivity contribution in [1.29, 1.82) is 0 Å². The molecule has 0 bridgehead atoms. The molecule has 174 valence electrons. The SMILES string of the molecule is CC[C@]1(O)CC[C@@]2(C)[C@@H](CCC3[C@@H]2CC[C@]2(C)[C@@H]([C@H](C)[C@H](O)C(F)(F)F)CC[C@@H]32)C1. The molecule has 4 fully saturated rings. The Bertz CT molecular complexity index is 651. The third kappa shape index (κ3) is 3.36. The Kier molecular flexibility index (Phi) is 5.62. The maximum Gasteiger partial charge on any atom is 0.414 e. The van der Waals surface area contributed by atoms with Crippen molar-refractivity contribution in [3.8, 4) is 0 Å². The molecule has 30 heavy (non-hydrogen) atoms. The lowest BCUT2D eigenvalue weighted by atomic mass is 9.43. The number of fused-ring (bicyclic) bond motifs is 5. The van der Waals surface area contributed by atoms with Crippen LogP contribution in [0.4, 0.5) is 13.2 Å². The average molecular weight is 431 g/mol. The van der Waals surface area contributed by atoms with E-state index in [0.717, 1.165) is 64.2 Å². The van der Waals surface area contributed by atoms with Crippen molar-refractivity contribution in [3.05, 3.63) is 0 Å². The second-order valence-corrected chi connectivity index (χ2v) is 12.0. The Labute approximate surface area is 180 Å². The van der Waals surface area contributed by atoms with Gasteiger partial charge in [-0.25, -0.2) is 0 Å². The molecule has 0 heterocycles. The molecule has 0 aromatic carbocycles. The molecule has 0 aromatic heterocycles. The number of alkyl halides is 3. The largest absolute Gasteiger partial charge is 0.414 e. The molecular formula is C25H41F3O2. The highest BCUT2D eigenvalue weighted by atomic mass is 19.4. The van der Waals surface area contributed by atoms with Crippen molar-refractivity contribution in [3.63, 3.8) is 0 Å². The van der Waals surface area contributed by atoms with Gasteiger partial charge in [-0.05, 0) is 111 Å². The fourth-order valence-corrected chi connectivity index (χ4v) is 9.07. The van der Waals surface area contributed by atoms with Crippen LogP contribution in [-0.2, 0) is 0 Å². The first-order valence-corrected chi connectivity index (χ1v) is 12.3. The molecule has 4 aliphatic carbocycles. The summed E-state index contributed by atoms with van der Waals surface area (Å²) in [6, 6.07) is 0. The topological polar surface area (TPSA) is 40.5 Å². The van der Waals surface area contributed by atoms with E-state index in [4.69, 9.17) is 0 Å². The van der Waals surface area contributed by atoms with Gasteiger partial charge in [0.2, 0.25) is 0 Å². The van der Waals surface area contributed by atoms with Crippen LogP contribution in [-0.4, -0.2) is 28.1 Å². The van der Waals surface area contributed by atoms with E-state index in [2.05, 4.69) is 20.8 Å². The van der Waals surface area contributed by atoms with Crippen LogP contribution in [0.5, 0.6) is 0 Å². The fraction of sp³-hybridized carbons (Fsp3) is 1.00. The lowest BCUT2D eigenvalue weighted by Crippen LogP contribution is -2.56. The van der Waals surface area contributed by atoms with Crippen LogP contribution in [0.3, 0.4) is 0 Å². The number of aliphatic hydroxyl groups excluding tert-OH is 1. The van der Waals surface area contributed by atoms with Crippen LogP contribution >= 0.6 is 0 Å². The second-order valence-electron chi connectivity index (χ2n) is 12.0. The normalized spacial score (nSPS) is 50.9. The van der Waals surface area contributed by atoms with Gasteiger partial charge in [0.05, 0.1) is 5.60 Å². The Morgan fingerprint density at radius 1 is 0.933 bits per heavy atom. The summed E-state index contributed by atoms with van der Waals surface area (Å²) in [6.45, 7) is 8.40. The van der Waals surface area contributed by atoms with Crippen LogP contribution < -0.4 is 0 Å². The van der Waals surface area contributed by atoms with E-state index in [9.17, 15) is 23.4 Å². The summed E-state index contributed by atoms with van der Waals surface area (Å²) >= 11 is 0. The molecule has 5 heteroatoms. The lowest BCUT2D eigenvalue weighted by molar-refractivity contribution is -0.228. The predicted molar refractivity (Wildman–Crippen MR) is 112 cm³/mol. The first kappa shape index (κ1) is 22.9. The number of rotatable bonds is 3. The highest BCUT2D eigenvalue weighted by molar-refractivity contribution is 5.11. The molecule has 2 N–H and O–H groups in total. The predicted octanol–water partition coefficient (Wildman–Crippen LogP) is 6.35. The van der Waals surface area contributed by atoms with Gasteiger partial charge in [-0.2, -0.15) is 13.2 Å². The van der Waals surface area contributed by atoms with Gasteiger partial charge in [-0.15, -0.1) is 0 Å². The number of halogens is 3. The van der Waals surface area contributed by atoms with Gasteiger partial charge in [0.15, 0.2) is 6.10 Å². The third-order valence-corrected chi connectivity index (χ3v) is 11.0. The second kappa shape index (κ2) is 7.37. The van der Waals surface area contributed by atoms with Crippen LogP contribution in [0.2, 0.25) is 0 Å². The van der Waals surface area contributed by atoms with E-state index in [0.29, 0.717) is 23.7 Å². The third-order valence-electron chi connectivity index (χ3n) is 11.0. The molecule has 0 saturated heterocycles. The molecule has 2 nitrogen and oxygen atoms in total. The summed E-state index contributed by atoms with van der Waals surface area (Å²) in [5, 5.41) is 20.9. The zero-order valence-electron chi connectivity index (χ0n) is 19.1. The number of hydrogen-bond donors (Lipinski definition) is 2. The van der Waals surface area contributed by atoms with Gasteiger partial charge in [-0.3, -0.25) is 0 Å². The summed E-state index contributed by atoms with van der Waals surface area (Å²) in [5.41, 5.74) is -0.322. The van der Waals surface area contributed by atoms with Gasteiger partial charge >= 0.3 is 6.18 Å². The fourth-order valence-electron chi connectivity index (χ4n) is 9.07. The van der Waals surface area contributed by atoms with Gasteiger partial charge in [0.25, 0.3) is 0 Å².